The molecule has 0 aliphatic heterocycles. The van der Waals surface area contributed by atoms with Crippen molar-refractivity contribution in [2.45, 2.75) is 52.4 Å². The van der Waals surface area contributed by atoms with Crippen LogP contribution in [0.4, 0.5) is 0 Å². The van der Waals surface area contributed by atoms with Crippen LogP contribution >= 0.6 is 0 Å². The number of hydrogen-bond donors (Lipinski definition) is 0. The van der Waals surface area contributed by atoms with Gasteiger partial charge in [0.2, 0.25) is 6.73 Å². The molecule has 128 valence electrons. The molecule has 0 heterocycles. The van der Waals surface area contributed by atoms with Gasteiger partial charge in [0.15, 0.2) is 0 Å². The summed E-state index contributed by atoms with van der Waals surface area (Å²) >= 11 is 0. The lowest BCUT2D eigenvalue weighted by Crippen LogP contribution is -2.49. The highest BCUT2D eigenvalue weighted by molar-refractivity contribution is 5.78. The first-order chi connectivity index (χ1) is 11.2. The van der Waals surface area contributed by atoms with Gasteiger partial charge in [-0.15, -0.1) is 0 Å². The van der Waals surface area contributed by atoms with E-state index in [0.717, 1.165) is 42.5 Å². The second-order valence-corrected chi connectivity index (χ2v) is 6.82. The third-order valence-corrected chi connectivity index (χ3v) is 5.78. The van der Waals surface area contributed by atoms with Crippen molar-refractivity contribution < 1.29 is 14.0 Å². The molecule has 0 bridgehead atoms. The molecule has 1 saturated carbocycles. The van der Waals surface area contributed by atoms with Gasteiger partial charge >= 0.3 is 5.97 Å². The van der Waals surface area contributed by atoms with Gasteiger partial charge in [-0.25, -0.2) is 0 Å². The molecule has 0 saturated heterocycles. The summed E-state index contributed by atoms with van der Waals surface area (Å²) in [5, 5.41) is 0. The van der Waals surface area contributed by atoms with Crippen LogP contribution in [0.3, 0.4) is 0 Å². The van der Waals surface area contributed by atoms with Crippen molar-refractivity contribution >= 4 is 5.97 Å². The molecule has 1 aromatic rings. The molecule has 0 N–H and O–H groups in total. The molecule has 2 rings (SSSR count). The average molecular weight is 318 g/mol. The van der Waals surface area contributed by atoms with E-state index in [1.807, 2.05) is 18.2 Å². The molecule has 0 aromatic heterocycles. The zero-order chi connectivity index (χ0) is 16.7. The minimum absolute atomic E-state index is 0.0269. The molecule has 0 spiro atoms. The van der Waals surface area contributed by atoms with Crippen molar-refractivity contribution in [3.8, 4) is 0 Å². The summed E-state index contributed by atoms with van der Waals surface area (Å²) in [6.45, 7) is 10.0. The maximum absolute atomic E-state index is 12.9. The maximum Gasteiger partial charge on any atom is 0.317 e. The third-order valence-electron chi connectivity index (χ3n) is 5.78. The molecular weight excluding hydrogens is 286 g/mol. The Hall–Kier alpha value is -1.35. The van der Waals surface area contributed by atoms with E-state index in [4.69, 9.17) is 4.74 Å². The molecular formula is C20H32NO2+. The topological polar surface area (TPSA) is 26.3 Å². The van der Waals surface area contributed by atoms with Gasteiger partial charge in [0.25, 0.3) is 0 Å². The van der Waals surface area contributed by atoms with Gasteiger partial charge in [0.05, 0.1) is 25.6 Å². The second-order valence-electron chi connectivity index (χ2n) is 6.82. The van der Waals surface area contributed by atoms with Gasteiger partial charge in [-0.1, -0.05) is 43.2 Å². The summed E-state index contributed by atoms with van der Waals surface area (Å²) in [5.41, 5.74) is 1.12. The van der Waals surface area contributed by atoms with Crippen molar-refractivity contribution in [1.82, 2.24) is 0 Å². The number of hydrogen-bond acceptors (Lipinski definition) is 2. The van der Waals surface area contributed by atoms with E-state index < -0.39 is 0 Å². The Labute approximate surface area is 141 Å². The molecule has 1 unspecified atom stereocenters. The number of quaternary nitrogens is 1. The quantitative estimate of drug-likeness (QED) is 0.405. The molecule has 0 radical (unpaired) electrons. The fourth-order valence-electron chi connectivity index (χ4n) is 3.79. The minimum Gasteiger partial charge on any atom is -0.414 e. The molecule has 1 fully saturated rings. The van der Waals surface area contributed by atoms with Gasteiger partial charge in [0, 0.05) is 0 Å². The van der Waals surface area contributed by atoms with Crippen molar-refractivity contribution in [1.29, 1.82) is 0 Å². The van der Waals surface area contributed by atoms with Crippen LogP contribution in [0.2, 0.25) is 0 Å². The summed E-state index contributed by atoms with van der Waals surface area (Å²) in [5.74, 6) is 0.323. The van der Waals surface area contributed by atoms with E-state index in [1.54, 1.807) is 0 Å². The van der Waals surface area contributed by atoms with Crippen molar-refractivity contribution in [2.24, 2.45) is 5.92 Å². The van der Waals surface area contributed by atoms with Crippen molar-refractivity contribution in [3.05, 3.63) is 35.9 Å². The van der Waals surface area contributed by atoms with E-state index in [0.29, 0.717) is 12.6 Å². The van der Waals surface area contributed by atoms with Crippen molar-refractivity contribution in [2.75, 3.05) is 26.4 Å². The number of rotatable bonds is 8. The summed E-state index contributed by atoms with van der Waals surface area (Å²) in [6, 6.07) is 10.2. The first-order valence-corrected chi connectivity index (χ1v) is 9.22. The van der Waals surface area contributed by atoms with Gasteiger partial charge in [-0.2, -0.15) is 0 Å². The number of ether oxygens (including phenoxy) is 1. The van der Waals surface area contributed by atoms with E-state index in [1.165, 1.54) is 12.8 Å². The molecule has 23 heavy (non-hydrogen) atoms. The van der Waals surface area contributed by atoms with Crippen LogP contribution in [0.15, 0.2) is 30.3 Å². The predicted octanol–water partition coefficient (Wildman–Crippen LogP) is 4.34. The van der Waals surface area contributed by atoms with Crippen LogP contribution < -0.4 is 0 Å². The zero-order valence-corrected chi connectivity index (χ0v) is 15.0. The molecule has 1 aliphatic carbocycles. The van der Waals surface area contributed by atoms with E-state index in [2.05, 4.69) is 32.9 Å². The van der Waals surface area contributed by atoms with Gasteiger partial charge in [-0.05, 0) is 45.1 Å². The van der Waals surface area contributed by atoms with Crippen LogP contribution in [-0.2, 0) is 9.53 Å². The lowest BCUT2D eigenvalue weighted by atomic mass is 9.85. The minimum atomic E-state index is -0.0915. The maximum atomic E-state index is 12.9. The monoisotopic (exact) mass is 318 g/mol. The summed E-state index contributed by atoms with van der Waals surface area (Å²) < 4.78 is 6.69. The largest absolute Gasteiger partial charge is 0.414 e. The van der Waals surface area contributed by atoms with E-state index >= 15 is 0 Å². The second kappa shape index (κ2) is 8.49. The van der Waals surface area contributed by atoms with Crippen molar-refractivity contribution in [3.63, 3.8) is 0 Å². The fraction of sp³-hybridized carbons (Fsp3) is 0.650. The SMILES string of the molecule is CC[N+](CC)(CC)COC(=O)C(c1ccccc1)C1CCCC1. The third kappa shape index (κ3) is 4.35. The van der Waals surface area contributed by atoms with E-state index in [9.17, 15) is 4.79 Å². The normalized spacial score (nSPS) is 17.2. The number of benzene rings is 1. The molecule has 1 atom stereocenters. The standard InChI is InChI=1S/C20H32NO2/c1-4-21(5-2,6-3)16-23-20(22)19(18-14-10-11-15-18)17-12-8-7-9-13-17/h7-9,12-13,18-19H,4-6,10-11,14-16H2,1-3H3/q+1. The highest BCUT2D eigenvalue weighted by atomic mass is 16.5. The van der Waals surface area contributed by atoms with Crippen LogP contribution in [0.5, 0.6) is 0 Å². The Morgan fingerprint density at radius 3 is 2.17 bits per heavy atom. The number of carbonyl (C=O) groups excluding carboxylic acids is 1. The van der Waals surface area contributed by atoms with Crippen LogP contribution in [0, 0.1) is 5.92 Å². The number of carbonyl (C=O) groups is 1. The van der Waals surface area contributed by atoms with Crippen LogP contribution in [0.25, 0.3) is 0 Å². The molecule has 3 heteroatoms. The fourth-order valence-corrected chi connectivity index (χ4v) is 3.79. The Balaban J connectivity index is 2.11. The highest BCUT2D eigenvalue weighted by Crippen LogP contribution is 2.38. The summed E-state index contributed by atoms with van der Waals surface area (Å²) in [6.07, 6.45) is 4.76. The lowest BCUT2D eigenvalue weighted by Gasteiger charge is -2.35. The highest BCUT2D eigenvalue weighted by Gasteiger charge is 2.34. The summed E-state index contributed by atoms with van der Waals surface area (Å²) in [4.78, 5) is 12.9. The summed E-state index contributed by atoms with van der Waals surface area (Å²) in [7, 11) is 0. The lowest BCUT2D eigenvalue weighted by molar-refractivity contribution is -0.938. The van der Waals surface area contributed by atoms with Gasteiger partial charge < -0.3 is 4.74 Å². The molecule has 1 aliphatic rings. The zero-order valence-electron chi connectivity index (χ0n) is 15.0. The Morgan fingerprint density at radius 1 is 1.09 bits per heavy atom. The number of nitrogens with zero attached hydrogens (tertiary/aromatic N) is 1. The Morgan fingerprint density at radius 2 is 1.65 bits per heavy atom. The predicted molar refractivity (Wildman–Crippen MR) is 94.0 cm³/mol. The first-order valence-electron chi connectivity index (χ1n) is 9.22. The van der Waals surface area contributed by atoms with Crippen LogP contribution in [-0.4, -0.2) is 36.8 Å². The Kier molecular flexibility index (Phi) is 6.64. The van der Waals surface area contributed by atoms with E-state index in [-0.39, 0.29) is 11.9 Å². The number of esters is 1. The van der Waals surface area contributed by atoms with Crippen LogP contribution in [0.1, 0.15) is 57.9 Å². The van der Waals surface area contributed by atoms with Gasteiger partial charge in [0.1, 0.15) is 0 Å². The average Bonchev–Trinajstić information content (AvgIpc) is 3.12. The molecule has 1 aromatic carbocycles. The molecule has 3 nitrogen and oxygen atoms in total. The molecule has 0 amide bonds. The first kappa shape index (κ1) is 18.0. The smallest absolute Gasteiger partial charge is 0.317 e. The van der Waals surface area contributed by atoms with Gasteiger partial charge in [-0.3, -0.25) is 9.28 Å². The Bertz CT molecular complexity index is 467.